The van der Waals surface area contributed by atoms with Crippen molar-refractivity contribution in [3.63, 3.8) is 0 Å². The molecule has 1 fully saturated rings. The van der Waals surface area contributed by atoms with Gasteiger partial charge in [-0.3, -0.25) is 4.90 Å². The summed E-state index contributed by atoms with van der Waals surface area (Å²) in [5.74, 6) is 0.949. The Kier molecular flexibility index (Phi) is 4.42. The Bertz CT molecular complexity index is 443. The highest BCUT2D eigenvalue weighted by Crippen LogP contribution is 2.34. The summed E-state index contributed by atoms with van der Waals surface area (Å²) in [6.07, 6.45) is 8.02. The molecule has 3 unspecified atom stereocenters. The average Bonchev–Trinajstić information content (AvgIpc) is 2.65. The molecule has 0 spiro atoms. The molecule has 20 heavy (non-hydrogen) atoms. The molecule has 1 aliphatic carbocycles. The van der Waals surface area contributed by atoms with Crippen molar-refractivity contribution in [2.75, 3.05) is 13.1 Å². The number of benzene rings is 1. The highest BCUT2D eigenvalue weighted by atomic mass is 15.2. The Morgan fingerprint density at radius 3 is 2.85 bits per heavy atom. The van der Waals surface area contributed by atoms with E-state index in [9.17, 15) is 0 Å². The van der Waals surface area contributed by atoms with Crippen LogP contribution in [-0.2, 0) is 6.42 Å². The lowest BCUT2D eigenvalue weighted by Gasteiger charge is -2.30. The van der Waals surface area contributed by atoms with Gasteiger partial charge in [0.1, 0.15) is 0 Å². The van der Waals surface area contributed by atoms with Crippen LogP contribution in [0.15, 0.2) is 24.3 Å². The molecular weight excluding hydrogens is 244 g/mol. The number of hydrogen-bond acceptors (Lipinski definition) is 2. The molecule has 1 heterocycles. The van der Waals surface area contributed by atoms with Gasteiger partial charge in [-0.15, -0.1) is 0 Å². The van der Waals surface area contributed by atoms with Crippen molar-refractivity contribution in [2.45, 2.75) is 57.5 Å². The average molecular weight is 272 g/mol. The van der Waals surface area contributed by atoms with E-state index in [1.807, 2.05) is 0 Å². The van der Waals surface area contributed by atoms with Gasteiger partial charge in [0.15, 0.2) is 0 Å². The molecule has 1 saturated heterocycles. The van der Waals surface area contributed by atoms with E-state index in [1.54, 1.807) is 0 Å². The van der Waals surface area contributed by atoms with Crippen LogP contribution in [0.2, 0.25) is 0 Å². The first-order valence-electron chi connectivity index (χ1n) is 8.37. The summed E-state index contributed by atoms with van der Waals surface area (Å²) in [6.45, 7) is 4.80. The van der Waals surface area contributed by atoms with Crippen molar-refractivity contribution >= 4 is 0 Å². The van der Waals surface area contributed by atoms with Gasteiger partial charge >= 0.3 is 0 Å². The van der Waals surface area contributed by atoms with E-state index in [2.05, 4.69) is 36.1 Å². The number of rotatable bonds is 3. The minimum atomic E-state index is 0.217. The molecule has 2 nitrogen and oxygen atoms in total. The van der Waals surface area contributed by atoms with E-state index in [0.717, 1.165) is 12.3 Å². The van der Waals surface area contributed by atoms with Crippen molar-refractivity contribution in [1.29, 1.82) is 0 Å². The van der Waals surface area contributed by atoms with E-state index in [4.69, 9.17) is 5.73 Å². The third-order valence-corrected chi connectivity index (χ3v) is 5.31. The normalized spacial score (nSPS) is 31.0. The van der Waals surface area contributed by atoms with Gasteiger partial charge in [0.05, 0.1) is 0 Å². The second-order valence-electron chi connectivity index (χ2n) is 6.62. The zero-order chi connectivity index (χ0) is 13.9. The van der Waals surface area contributed by atoms with Crippen molar-refractivity contribution in [1.82, 2.24) is 4.90 Å². The summed E-state index contributed by atoms with van der Waals surface area (Å²) in [5.41, 5.74) is 9.38. The van der Waals surface area contributed by atoms with Crippen molar-refractivity contribution < 1.29 is 0 Å². The van der Waals surface area contributed by atoms with Crippen LogP contribution in [0.3, 0.4) is 0 Å². The van der Waals surface area contributed by atoms with Crippen molar-refractivity contribution in [3.8, 4) is 0 Å². The fourth-order valence-corrected chi connectivity index (χ4v) is 4.18. The maximum atomic E-state index is 6.52. The lowest BCUT2D eigenvalue weighted by molar-refractivity contribution is 0.184. The van der Waals surface area contributed by atoms with Gasteiger partial charge in [-0.05, 0) is 55.8 Å². The SMILES string of the molecule is CCCC1CCCN(C2Cc3ccccc3C2N)CC1. The molecule has 0 bridgehead atoms. The zero-order valence-electron chi connectivity index (χ0n) is 12.7. The summed E-state index contributed by atoms with van der Waals surface area (Å²) in [5, 5.41) is 0. The van der Waals surface area contributed by atoms with E-state index in [1.165, 1.54) is 56.3 Å². The molecule has 3 rings (SSSR count). The third-order valence-electron chi connectivity index (χ3n) is 5.31. The summed E-state index contributed by atoms with van der Waals surface area (Å²) in [7, 11) is 0. The van der Waals surface area contributed by atoms with Crippen LogP contribution in [0.4, 0.5) is 0 Å². The first kappa shape index (κ1) is 14.1. The summed E-state index contributed by atoms with van der Waals surface area (Å²) in [4.78, 5) is 2.68. The second-order valence-corrected chi connectivity index (χ2v) is 6.62. The van der Waals surface area contributed by atoms with Crippen molar-refractivity contribution in [2.24, 2.45) is 11.7 Å². The smallest absolute Gasteiger partial charge is 0.0459 e. The monoisotopic (exact) mass is 272 g/mol. The number of hydrogen-bond donors (Lipinski definition) is 1. The fraction of sp³-hybridized carbons (Fsp3) is 0.667. The molecule has 1 aromatic carbocycles. The minimum absolute atomic E-state index is 0.217. The van der Waals surface area contributed by atoms with Crippen LogP contribution < -0.4 is 5.73 Å². The quantitative estimate of drug-likeness (QED) is 0.912. The first-order valence-corrected chi connectivity index (χ1v) is 8.37. The molecule has 1 aromatic rings. The van der Waals surface area contributed by atoms with Gasteiger partial charge in [-0.2, -0.15) is 0 Å². The van der Waals surface area contributed by atoms with Crippen LogP contribution in [-0.4, -0.2) is 24.0 Å². The van der Waals surface area contributed by atoms with Crippen LogP contribution in [0.25, 0.3) is 0 Å². The molecule has 0 saturated carbocycles. The summed E-state index contributed by atoms with van der Waals surface area (Å²) in [6, 6.07) is 9.50. The number of nitrogens with two attached hydrogens (primary N) is 1. The topological polar surface area (TPSA) is 29.3 Å². The molecule has 0 amide bonds. The summed E-state index contributed by atoms with van der Waals surface area (Å²) < 4.78 is 0. The number of likely N-dealkylation sites (tertiary alicyclic amines) is 1. The second kappa shape index (κ2) is 6.28. The fourth-order valence-electron chi connectivity index (χ4n) is 4.18. The van der Waals surface area contributed by atoms with Gasteiger partial charge in [-0.1, -0.05) is 44.0 Å². The van der Waals surface area contributed by atoms with Crippen LogP contribution >= 0.6 is 0 Å². The lowest BCUT2D eigenvalue weighted by atomic mass is 9.96. The molecule has 2 N–H and O–H groups in total. The van der Waals surface area contributed by atoms with Crippen LogP contribution in [0.1, 0.15) is 56.2 Å². The Balaban J connectivity index is 1.66. The maximum absolute atomic E-state index is 6.52. The Hall–Kier alpha value is -0.860. The van der Waals surface area contributed by atoms with Gasteiger partial charge in [0.25, 0.3) is 0 Å². The van der Waals surface area contributed by atoms with Gasteiger partial charge in [0, 0.05) is 12.1 Å². The van der Waals surface area contributed by atoms with Crippen LogP contribution in [0, 0.1) is 5.92 Å². The zero-order valence-corrected chi connectivity index (χ0v) is 12.7. The minimum Gasteiger partial charge on any atom is -0.323 e. The molecule has 1 aliphatic heterocycles. The van der Waals surface area contributed by atoms with E-state index in [-0.39, 0.29) is 6.04 Å². The number of nitrogens with zero attached hydrogens (tertiary/aromatic N) is 1. The highest BCUT2D eigenvalue weighted by molar-refractivity contribution is 5.36. The van der Waals surface area contributed by atoms with E-state index in [0.29, 0.717) is 6.04 Å². The molecule has 0 aromatic heterocycles. The molecule has 2 heteroatoms. The van der Waals surface area contributed by atoms with Gasteiger partial charge < -0.3 is 5.73 Å². The summed E-state index contributed by atoms with van der Waals surface area (Å²) >= 11 is 0. The maximum Gasteiger partial charge on any atom is 0.0459 e. The molecule has 0 radical (unpaired) electrons. The van der Waals surface area contributed by atoms with E-state index < -0.39 is 0 Å². The molecule has 110 valence electrons. The standard InChI is InChI=1S/C18H28N2/c1-2-6-14-7-5-11-20(12-10-14)17-13-15-8-3-4-9-16(15)18(17)19/h3-4,8-9,14,17-18H,2,5-7,10-13,19H2,1H3. The number of fused-ring (bicyclic) bond motifs is 1. The Labute approximate surface area is 123 Å². The molecular formula is C18H28N2. The van der Waals surface area contributed by atoms with Gasteiger partial charge in [0.2, 0.25) is 0 Å². The van der Waals surface area contributed by atoms with E-state index >= 15 is 0 Å². The Morgan fingerprint density at radius 2 is 2.05 bits per heavy atom. The van der Waals surface area contributed by atoms with Crippen LogP contribution in [0.5, 0.6) is 0 Å². The lowest BCUT2D eigenvalue weighted by Crippen LogP contribution is -2.41. The predicted molar refractivity (Wildman–Crippen MR) is 84.7 cm³/mol. The first-order chi connectivity index (χ1) is 9.79. The van der Waals surface area contributed by atoms with Gasteiger partial charge in [-0.25, -0.2) is 0 Å². The molecule has 3 atom stereocenters. The largest absolute Gasteiger partial charge is 0.323 e. The predicted octanol–water partition coefficient (Wildman–Crippen LogP) is 3.51. The molecule has 2 aliphatic rings. The Morgan fingerprint density at radius 1 is 1.20 bits per heavy atom. The highest BCUT2D eigenvalue weighted by Gasteiger charge is 2.34. The van der Waals surface area contributed by atoms with Crippen molar-refractivity contribution in [3.05, 3.63) is 35.4 Å². The third kappa shape index (κ3) is 2.77.